The highest BCUT2D eigenvalue weighted by Gasteiger charge is 2.20. The van der Waals surface area contributed by atoms with Crippen LogP contribution in [0.15, 0.2) is 0 Å². The van der Waals surface area contributed by atoms with Crippen LogP contribution in [0, 0.1) is 0 Å². The molecule has 1 aliphatic carbocycles. The molecule has 0 atom stereocenters. The van der Waals surface area contributed by atoms with Crippen molar-refractivity contribution in [3.05, 3.63) is 5.69 Å². The van der Waals surface area contributed by atoms with Crippen LogP contribution in [0.2, 0.25) is 0 Å². The van der Waals surface area contributed by atoms with Gasteiger partial charge < -0.3 is 11.1 Å². The van der Waals surface area contributed by atoms with Crippen LogP contribution in [0.3, 0.4) is 0 Å². The maximum absolute atomic E-state index is 5.60. The van der Waals surface area contributed by atoms with Crippen molar-refractivity contribution in [2.75, 3.05) is 5.73 Å². The van der Waals surface area contributed by atoms with E-state index in [1.807, 2.05) is 0 Å². The Morgan fingerprint density at radius 2 is 2.45 bits per heavy atom. The van der Waals surface area contributed by atoms with Gasteiger partial charge in [-0.15, -0.1) is 5.10 Å². The first-order valence-corrected chi connectivity index (χ1v) is 4.43. The smallest absolute Gasteiger partial charge is 0.132 e. The lowest BCUT2D eigenvalue weighted by Gasteiger charge is -1.97. The molecule has 1 aromatic heterocycles. The molecular formula is C6H10N4S. The quantitative estimate of drug-likeness (QED) is 0.688. The Morgan fingerprint density at radius 1 is 1.64 bits per heavy atom. The summed E-state index contributed by atoms with van der Waals surface area (Å²) in [5, 5.41) is 7.95. The molecule has 0 amide bonds. The van der Waals surface area contributed by atoms with E-state index < -0.39 is 0 Å². The fourth-order valence-electron chi connectivity index (χ4n) is 0.867. The third kappa shape index (κ3) is 1.66. The van der Waals surface area contributed by atoms with Crippen molar-refractivity contribution in [1.82, 2.24) is 14.9 Å². The summed E-state index contributed by atoms with van der Waals surface area (Å²) in [6, 6.07) is 0.705. The van der Waals surface area contributed by atoms with Gasteiger partial charge in [0.05, 0.1) is 0 Å². The summed E-state index contributed by atoms with van der Waals surface area (Å²) in [6.07, 6.45) is 2.58. The van der Waals surface area contributed by atoms with Gasteiger partial charge in [-0.25, -0.2) is 0 Å². The largest absolute Gasteiger partial charge is 0.388 e. The minimum absolute atomic E-state index is 0.705. The molecule has 0 bridgehead atoms. The van der Waals surface area contributed by atoms with Crippen LogP contribution in [0.25, 0.3) is 0 Å². The summed E-state index contributed by atoms with van der Waals surface area (Å²) < 4.78 is 3.75. The minimum atomic E-state index is 0.705. The van der Waals surface area contributed by atoms with Crippen molar-refractivity contribution in [1.29, 1.82) is 0 Å². The number of aromatic nitrogens is 2. The van der Waals surface area contributed by atoms with Crippen molar-refractivity contribution in [2.24, 2.45) is 0 Å². The molecule has 2 rings (SSSR count). The first-order chi connectivity index (χ1) is 5.36. The number of nitrogens with two attached hydrogens (primary N) is 1. The average Bonchev–Trinajstić information content (AvgIpc) is 2.73. The maximum atomic E-state index is 5.60. The van der Waals surface area contributed by atoms with Crippen LogP contribution >= 0.6 is 11.5 Å². The van der Waals surface area contributed by atoms with E-state index in [0.717, 1.165) is 17.2 Å². The Morgan fingerprint density at radius 3 is 3.00 bits per heavy atom. The molecule has 0 radical (unpaired) electrons. The first-order valence-electron chi connectivity index (χ1n) is 3.66. The van der Waals surface area contributed by atoms with Crippen molar-refractivity contribution < 1.29 is 0 Å². The predicted octanol–water partition coefficient (Wildman–Crippen LogP) is 0.372. The highest BCUT2D eigenvalue weighted by Crippen LogP contribution is 2.20. The van der Waals surface area contributed by atoms with Crippen LogP contribution in [0.5, 0.6) is 0 Å². The number of hydrogen-bond donors (Lipinski definition) is 2. The van der Waals surface area contributed by atoms with Crippen LogP contribution in [0.4, 0.5) is 5.00 Å². The van der Waals surface area contributed by atoms with E-state index in [2.05, 4.69) is 14.9 Å². The molecule has 0 unspecified atom stereocenters. The Kier molecular flexibility index (Phi) is 1.75. The molecule has 0 saturated heterocycles. The fourth-order valence-corrected chi connectivity index (χ4v) is 1.31. The molecule has 0 aliphatic heterocycles. The lowest BCUT2D eigenvalue weighted by molar-refractivity contribution is 0.673. The van der Waals surface area contributed by atoms with E-state index in [4.69, 9.17) is 5.73 Å². The molecule has 1 fully saturated rings. The number of nitrogen functional groups attached to an aromatic ring is 1. The van der Waals surface area contributed by atoms with Gasteiger partial charge in [0.2, 0.25) is 0 Å². The Bertz CT molecular complexity index is 242. The minimum Gasteiger partial charge on any atom is -0.388 e. The summed E-state index contributed by atoms with van der Waals surface area (Å²) in [7, 11) is 0. The molecule has 11 heavy (non-hydrogen) atoms. The zero-order valence-electron chi connectivity index (χ0n) is 6.08. The summed E-state index contributed by atoms with van der Waals surface area (Å²) in [5.41, 5.74) is 6.49. The second-order valence-corrected chi connectivity index (χ2v) is 3.52. The van der Waals surface area contributed by atoms with Crippen molar-refractivity contribution in [2.45, 2.75) is 25.4 Å². The lowest BCUT2D eigenvalue weighted by atomic mass is 10.4. The van der Waals surface area contributed by atoms with E-state index in [0.29, 0.717) is 6.04 Å². The van der Waals surface area contributed by atoms with Gasteiger partial charge in [0.1, 0.15) is 10.7 Å². The molecule has 60 valence electrons. The molecule has 1 aliphatic rings. The number of rotatable bonds is 3. The highest BCUT2D eigenvalue weighted by molar-refractivity contribution is 7.09. The van der Waals surface area contributed by atoms with Crippen LogP contribution in [-0.4, -0.2) is 15.6 Å². The van der Waals surface area contributed by atoms with E-state index in [-0.39, 0.29) is 0 Å². The van der Waals surface area contributed by atoms with Gasteiger partial charge in [-0.3, -0.25) is 0 Å². The topological polar surface area (TPSA) is 63.8 Å². The molecule has 0 spiro atoms. The van der Waals surface area contributed by atoms with Crippen LogP contribution < -0.4 is 11.1 Å². The van der Waals surface area contributed by atoms with Gasteiger partial charge in [-0.2, -0.15) is 0 Å². The van der Waals surface area contributed by atoms with Gasteiger partial charge in [-0.05, 0) is 12.8 Å². The van der Waals surface area contributed by atoms with E-state index in [1.165, 1.54) is 24.4 Å². The zero-order chi connectivity index (χ0) is 7.68. The fraction of sp³-hybridized carbons (Fsp3) is 0.667. The number of nitrogens with zero attached hydrogens (tertiary/aromatic N) is 2. The van der Waals surface area contributed by atoms with Crippen molar-refractivity contribution in [3.63, 3.8) is 0 Å². The van der Waals surface area contributed by atoms with Gasteiger partial charge in [-0.1, -0.05) is 4.49 Å². The SMILES string of the molecule is Nc1snnc1CNC1CC1. The molecule has 4 nitrogen and oxygen atoms in total. The number of hydrogen-bond acceptors (Lipinski definition) is 5. The number of nitrogens with one attached hydrogen (secondary N) is 1. The monoisotopic (exact) mass is 170 g/mol. The van der Waals surface area contributed by atoms with E-state index >= 15 is 0 Å². The van der Waals surface area contributed by atoms with E-state index in [1.54, 1.807) is 0 Å². The van der Waals surface area contributed by atoms with Crippen LogP contribution in [-0.2, 0) is 6.54 Å². The summed E-state index contributed by atoms with van der Waals surface area (Å²) in [5.74, 6) is 0. The molecule has 5 heteroatoms. The molecular weight excluding hydrogens is 160 g/mol. The van der Waals surface area contributed by atoms with Gasteiger partial charge in [0, 0.05) is 24.1 Å². The van der Waals surface area contributed by atoms with Gasteiger partial charge in [0.25, 0.3) is 0 Å². The second kappa shape index (κ2) is 2.75. The third-order valence-electron chi connectivity index (χ3n) is 1.72. The molecule has 1 heterocycles. The summed E-state index contributed by atoms with van der Waals surface area (Å²) >= 11 is 1.25. The lowest BCUT2D eigenvalue weighted by Crippen LogP contribution is -2.16. The first kappa shape index (κ1) is 7.00. The Labute approximate surface area is 69.0 Å². The third-order valence-corrected chi connectivity index (χ3v) is 2.32. The summed E-state index contributed by atoms with van der Waals surface area (Å²) in [4.78, 5) is 0. The van der Waals surface area contributed by atoms with E-state index in [9.17, 15) is 0 Å². The maximum Gasteiger partial charge on any atom is 0.132 e. The molecule has 1 aromatic rings. The average molecular weight is 170 g/mol. The summed E-state index contributed by atoms with van der Waals surface area (Å²) in [6.45, 7) is 0.771. The Hall–Kier alpha value is -0.680. The highest BCUT2D eigenvalue weighted by atomic mass is 32.1. The normalized spacial score (nSPS) is 17.1. The standard InChI is InChI=1S/C6H10N4S/c7-6-5(9-10-11-6)3-8-4-1-2-4/h4,8H,1-3,7H2. The second-order valence-electron chi connectivity index (χ2n) is 2.74. The molecule has 0 aromatic carbocycles. The molecule has 3 N–H and O–H groups in total. The zero-order valence-corrected chi connectivity index (χ0v) is 6.90. The number of anilines is 1. The predicted molar refractivity (Wildman–Crippen MR) is 44.2 cm³/mol. The molecule has 1 saturated carbocycles. The Balaban J connectivity index is 1.89. The van der Waals surface area contributed by atoms with Gasteiger partial charge in [0.15, 0.2) is 0 Å². The van der Waals surface area contributed by atoms with Crippen molar-refractivity contribution in [3.8, 4) is 0 Å². The van der Waals surface area contributed by atoms with Crippen LogP contribution in [0.1, 0.15) is 18.5 Å². The van der Waals surface area contributed by atoms with Gasteiger partial charge >= 0.3 is 0 Å². The van der Waals surface area contributed by atoms with Crippen molar-refractivity contribution >= 4 is 16.5 Å².